The highest BCUT2D eigenvalue weighted by atomic mass is 31.1. The first kappa shape index (κ1) is 15.3. The normalized spacial score (nSPS) is 15.0. The smallest absolute Gasteiger partial charge is 0.0400 e. The first-order valence-electron chi connectivity index (χ1n) is 6.11. The Morgan fingerprint density at radius 3 is 1.40 bits per heavy atom. The molecule has 92 valence electrons. The van der Waals surface area contributed by atoms with Gasteiger partial charge >= 0.3 is 0 Å². The van der Waals surface area contributed by atoms with Gasteiger partial charge in [-0.25, -0.2) is 0 Å². The van der Waals surface area contributed by atoms with Crippen LogP contribution in [0, 0.1) is 0 Å². The van der Waals surface area contributed by atoms with Crippen LogP contribution in [-0.2, 0) is 0 Å². The van der Waals surface area contributed by atoms with E-state index in [0.29, 0.717) is 23.8 Å². The minimum atomic E-state index is -0.218. The van der Waals surface area contributed by atoms with Crippen LogP contribution < -0.4 is 5.09 Å². The molecule has 1 unspecified atom stereocenters. The van der Waals surface area contributed by atoms with Crippen LogP contribution in [0.2, 0.25) is 0 Å². The van der Waals surface area contributed by atoms with E-state index in [1.54, 1.807) is 0 Å². The highest BCUT2D eigenvalue weighted by Gasteiger charge is 2.26. The molecule has 0 saturated carbocycles. The molecule has 0 amide bonds. The molecule has 15 heavy (non-hydrogen) atoms. The summed E-state index contributed by atoms with van der Waals surface area (Å²) in [6.45, 7) is 18.3. The van der Waals surface area contributed by atoms with Crippen LogP contribution >= 0.6 is 8.22 Å². The Balaban J connectivity index is 4.68. The van der Waals surface area contributed by atoms with Crippen molar-refractivity contribution in [2.45, 2.75) is 79.2 Å². The van der Waals surface area contributed by atoms with Crippen LogP contribution in [0.5, 0.6) is 0 Å². The number of nitrogens with zero attached hydrogens (tertiary/aromatic N) is 1. The van der Waals surface area contributed by atoms with E-state index in [9.17, 15) is 0 Å². The molecule has 0 radical (unpaired) electrons. The van der Waals surface area contributed by atoms with E-state index >= 15 is 0 Å². The van der Waals surface area contributed by atoms with E-state index in [4.69, 9.17) is 0 Å². The third kappa shape index (κ3) is 5.29. The Labute approximate surface area is 97.7 Å². The van der Waals surface area contributed by atoms with Crippen molar-refractivity contribution in [1.82, 2.24) is 9.76 Å². The van der Waals surface area contributed by atoms with Gasteiger partial charge in [0.15, 0.2) is 0 Å². The predicted molar refractivity (Wildman–Crippen MR) is 72.4 cm³/mol. The van der Waals surface area contributed by atoms with Crippen molar-refractivity contribution < 1.29 is 0 Å². The van der Waals surface area contributed by atoms with E-state index in [1.807, 2.05) is 0 Å². The van der Waals surface area contributed by atoms with Crippen molar-refractivity contribution in [3.8, 4) is 0 Å². The minimum absolute atomic E-state index is 0.218. The molecule has 0 spiro atoms. The topological polar surface area (TPSA) is 15.3 Å². The highest BCUT2D eigenvalue weighted by Crippen LogP contribution is 2.44. The van der Waals surface area contributed by atoms with E-state index in [-0.39, 0.29) is 8.22 Å². The molecular weight excluding hydrogens is 203 g/mol. The second-order valence-electron chi connectivity index (χ2n) is 5.29. The lowest BCUT2D eigenvalue weighted by atomic mass is 10.3. The SMILES string of the molecule is CC(C)NP(C(C)C)N(C(C)C)C(C)C. The summed E-state index contributed by atoms with van der Waals surface area (Å²) in [5.74, 6) is 0. The molecule has 0 aliphatic rings. The molecule has 3 heteroatoms. The van der Waals surface area contributed by atoms with Gasteiger partial charge in [0.25, 0.3) is 0 Å². The van der Waals surface area contributed by atoms with Crippen LogP contribution in [0.25, 0.3) is 0 Å². The van der Waals surface area contributed by atoms with Gasteiger partial charge in [0.05, 0.1) is 0 Å². The van der Waals surface area contributed by atoms with Gasteiger partial charge in [-0.3, -0.25) is 9.76 Å². The summed E-state index contributed by atoms with van der Waals surface area (Å²) in [4.78, 5) is 0. The summed E-state index contributed by atoms with van der Waals surface area (Å²) < 4.78 is 2.62. The second kappa shape index (κ2) is 6.83. The molecule has 0 aliphatic carbocycles. The Bertz CT molecular complexity index is 159. The third-order valence-electron chi connectivity index (χ3n) is 2.19. The van der Waals surface area contributed by atoms with E-state index in [1.165, 1.54) is 0 Å². The average molecular weight is 232 g/mol. The zero-order valence-corrected chi connectivity index (χ0v) is 12.6. The first-order chi connectivity index (χ1) is 6.77. The third-order valence-corrected chi connectivity index (χ3v) is 5.37. The van der Waals surface area contributed by atoms with Crippen LogP contribution in [-0.4, -0.2) is 28.5 Å². The molecule has 0 aromatic rings. The van der Waals surface area contributed by atoms with Gasteiger partial charge in [0.1, 0.15) is 0 Å². The van der Waals surface area contributed by atoms with Crippen molar-refractivity contribution in [1.29, 1.82) is 0 Å². The standard InChI is InChI=1S/C12H29N2P/c1-9(2)13-15(12(7)8)14(10(3)4)11(5)6/h9-13H,1-8H3. The molecule has 0 saturated heterocycles. The van der Waals surface area contributed by atoms with E-state index in [2.05, 4.69) is 65.1 Å². The quantitative estimate of drug-likeness (QED) is 0.700. The van der Waals surface area contributed by atoms with Crippen molar-refractivity contribution in [2.75, 3.05) is 0 Å². The Morgan fingerprint density at radius 1 is 0.800 bits per heavy atom. The minimum Gasteiger partial charge on any atom is -0.281 e. The maximum atomic E-state index is 3.73. The van der Waals surface area contributed by atoms with Gasteiger partial charge in [-0.1, -0.05) is 13.8 Å². The fourth-order valence-corrected chi connectivity index (χ4v) is 4.33. The lowest BCUT2D eigenvalue weighted by Crippen LogP contribution is -2.40. The van der Waals surface area contributed by atoms with Crippen LogP contribution in [0.3, 0.4) is 0 Å². The predicted octanol–water partition coefficient (Wildman–Crippen LogP) is 3.82. The molecule has 1 N–H and O–H groups in total. The summed E-state index contributed by atoms with van der Waals surface area (Å²) in [5.41, 5.74) is 0.701. The van der Waals surface area contributed by atoms with Gasteiger partial charge < -0.3 is 0 Å². The Kier molecular flexibility index (Phi) is 6.99. The summed E-state index contributed by atoms with van der Waals surface area (Å²) in [5, 5.41) is 3.73. The zero-order valence-electron chi connectivity index (χ0n) is 11.7. The molecule has 0 aromatic carbocycles. The summed E-state index contributed by atoms with van der Waals surface area (Å²) in [6.07, 6.45) is 0. The molecule has 1 atom stereocenters. The monoisotopic (exact) mass is 232 g/mol. The molecule has 0 aliphatic heterocycles. The van der Waals surface area contributed by atoms with E-state index in [0.717, 1.165) is 0 Å². The molecule has 0 heterocycles. The molecule has 0 rings (SSSR count). The highest BCUT2D eigenvalue weighted by molar-refractivity contribution is 7.53. The van der Waals surface area contributed by atoms with Crippen molar-refractivity contribution in [2.24, 2.45) is 0 Å². The van der Waals surface area contributed by atoms with Gasteiger partial charge in [0.2, 0.25) is 0 Å². The fraction of sp³-hybridized carbons (Fsp3) is 1.00. The Hall–Kier alpha value is 0.350. The zero-order chi connectivity index (χ0) is 12.2. The molecule has 0 fully saturated rings. The fourth-order valence-electron chi connectivity index (χ4n) is 1.84. The van der Waals surface area contributed by atoms with Crippen molar-refractivity contribution in [3.05, 3.63) is 0 Å². The lowest BCUT2D eigenvalue weighted by molar-refractivity contribution is 0.315. The van der Waals surface area contributed by atoms with Crippen molar-refractivity contribution in [3.63, 3.8) is 0 Å². The van der Waals surface area contributed by atoms with Gasteiger partial charge in [-0.15, -0.1) is 0 Å². The number of hydrogen-bond donors (Lipinski definition) is 1. The first-order valence-corrected chi connectivity index (χ1v) is 7.47. The molecule has 2 nitrogen and oxygen atoms in total. The molecule has 0 aromatic heterocycles. The van der Waals surface area contributed by atoms with Crippen LogP contribution in [0.4, 0.5) is 0 Å². The number of nitrogens with one attached hydrogen (secondary N) is 1. The lowest BCUT2D eigenvalue weighted by Gasteiger charge is -2.41. The second-order valence-corrected chi connectivity index (χ2v) is 7.73. The Morgan fingerprint density at radius 2 is 1.20 bits per heavy atom. The van der Waals surface area contributed by atoms with Gasteiger partial charge in [-0.2, -0.15) is 0 Å². The maximum Gasteiger partial charge on any atom is 0.0400 e. The van der Waals surface area contributed by atoms with Gasteiger partial charge in [0, 0.05) is 32.0 Å². The van der Waals surface area contributed by atoms with Crippen molar-refractivity contribution >= 4 is 8.22 Å². The number of hydrogen-bond acceptors (Lipinski definition) is 2. The van der Waals surface area contributed by atoms with E-state index < -0.39 is 0 Å². The summed E-state index contributed by atoms with van der Waals surface area (Å²) in [7, 11) is -0.218. The molecule has 0 bridgehead atoms. The summed E-state index contributed by atoms with van der Waals surface area (Å²) >= 11 is 0. The summed E-state index contributed by atoms with van der Waals surface area (Å²) in [6, 6.07) is 1.80. The number of rotatable bonds is 6. The van der Waals surface area contributed by atoms with Gasteiger partial charge in [-0.05, 0) is 41.5 Å². The average Bonchev–Trinajstić information content (AvgIpc) is 2.00. The molecular formula is C12H29N2P. The van der Waals surface area contributed by atoms with Crippen LogP contribution in [0.1, 0.15) is 55.4 Å². The van der Waals surface area contributed by atoms with Crippen LogP contribution in [0.15, 0.2) is 0 Å². The maximum absolute atomic E-state index is 3.73. The largest absolute Gasteiger partial charge is 0.281 e.